The number of aromatic amines is 1. The number of rotatable bonds is 4. The number of H-pyrrole nitrogens is 1. The van der Waals surface area contributed by atoms with Crippen molar-refractivity contribution >= 4 is 16.8 Å². The van der Waals surface area contributed by atoms with Crippen LogP contribution in [0.3, 0.4) is 0 Å². The quantitative estimate of drug-likeness (QED) is 0.933. The minimum atomic E-state index is 0.228. The van der Waals surface area contributed by atoms with E-state index in [1.165, 1.54) is 22.2 Å². The summed E-state index contributed by atoms with van der Waals surface area (Å²) in [5.74, 6) is 0.821. The van der Waals surface area contributed by atoms with Crippen molar-refractivity contribution in [3.8, 4) is 0 Å². The van der Waals surface area contributed by atoms with E-state index in [1.54, 1.807) is 0 Å². The Kier molecular flexibility index (Phi) is 4.95. The molecule has 0 saturated carbocycles. The number of aromatic nitrogens is 1. The Balaban J connectivity index is 1.65. The van der Waals surface area contributed by atoms with Gasteiger partial charge in [0.25, 0.3) is 0 Å². The maximum Gasteiger partial charge on any atom is 0.236 e. The second kappa shape index (κ2) is 6.98. The van der Waals surface area contributed by atoms with Crippen LogP contribution in [0.4, 0.5) is 0 Å². The summed E-state index contributed by atoms with van der Waals surface area (Å²) in [4.78, 5) is 19.9. The fraction of sp³-hybridized carbons (Fsp3) is 0.550. The zero-order valence-corrected chi connectivity index (χ0v) is 15.3. The van der Waals surface area contributed by atoms with Gasteiger partial charge in [-0.2, -0.15) is 0 Å². The zero-order valence-electron chi connectivity index (χ0n) is 15.3. The van der Waals surface area contributed by atoms with Gasteiger partial charge in [-0.3, -0.25) is 9.69 Å². The Labute approximate surface area is 144 Å². The molecule has 0 spiro atoms. The summed E-state index contributed by atoms with van der Waals surface area (Å²) in [6, 6.07) is 8.85. The van der Waals surface area contributed by atoms with Crippen LogP contribution in [0.25, 0.3) is 10.9 Å². The summed E-state index contributed by atoms with van der Waals surface area (Å²) in [5.41, 5.74) is 4.02. The number of amides is 1. The number of benzene rings is 1. The Morgan fingerprint density at radius 2 is 1.96 bits per heavy atom. The maximum atomic E-state index is 12.3. The van der Waals surface area contributed by atoms with Crippen molar-refractivity contribution in [2.24, 2.45) is 0 Å². The first-order valence-electron chi connectivity index (χ1n) is 9.02. The second-order valence-electron chi connectivity index (χ2n) is 7.36. The van der Waals surface area contributed by atoms with Crippen LogP contribution in [0.1, 0.15) is 43.9 Å². The number of hydrogen-bond acceptors (Lipinski definition) is 2. The first-order chi connectivity index (χ1) is 11.5. The van der Waals surface area contributed by atoms with E-state index in [-0.39, 0.29) is 11.9 Å². The molecule has 1 aromatic carbocycles. The number of carbonyl (C=O) groups is 1. The molecule has 1 aliphatic heterocycles. The number of aryl methyl sites for hydroxylation is 1. The normalized spacial score (nSPS) is 16.9. The minimum absolute atomic E-state index is 0.228. The van der Waals surface area contributed by atoms with E-state index in [2.05, 4.69) is 54.9 Å². The van der Waals surface area contributed by atoms with Crippen molar-refractivity contribution < 1.29 is 4.79 Å². The highest BCUT2D eigenvalue weighted by molar-refractivity contribution is 5.85. The number of hydrogen-bond donors (Lipinski definition) is 1. The molecule has 2 heterocycles. The lowest BCUT2D eigenvalue weighted by molar-refractivity contribution is -0.132. The van der Waals surface area contributed by atoms with E-state index < -0.39 is 0 Å². The molecule has 1 aliphatic rings. The van der Waals surface area contributed by atoms with E-state index in [4.69, 9.17) is 0 Å². The highest BCUT2D eigenvalue weighted by Crippen LogP contribution is 2.35. The van der Waals surface area contributed by atoms with Gasteiger partial charge in [0, 0.05) is 29.7 Å². The van der Waals surface area contributed by atoms with Gasteiger partial charge in [0.1, 0.15) is 0 Å². The van der Waals surface area contributed by atoms with Gasteiger partial charge in [-0.1, -0.05) is 18.2 Å². The third-order valence-corrected chi connectivity index (χ3v) is 5.47. The van der Waals surface area contributed by atoms with Crippen LogP contribution in [-0.2, 0) is 4.79 Å². The molecule has 4 heteroatoms. The van der Waals surface area contributed by atoms with Crippen LogP contribution in [0, 0.1) is 6.92 Å². The van der Waals surface area contributed by atoms with Gasteiger partial charge in [0.2, 0.25) is 5.91 Å². The zero-order chi connectivity index (χ0) is 17.3. The monoisotopic (exact) mass is 327 g/mol. The van der Waals surface area contributed by atoms with Gasteiger partial charge in [0.05, 0.1) is 6.54 Å². The number of nitrogens with one attached hydrogen (secondary N) is 1. The largest absolute Gasteiger partial charge is 0.358 e. The first-order valence-corrected chi connectivity index (χ1v) is 9.02. The average molecular weight is 327 g/mol. The molecule has 0 unspecified atom stereocenters. The number of likely N-dealkylation sites (tertiary alicyclic amines) is 1. The summed E-state index contributed by atoms with van der Waals surface area (Å²) in [7, 11) is 1.90. The van der Waals surface area contributed by atoms with E-state index in [1.807, 2.05) is 11.9 Å². The fourth-order valence-corrected chi connectivity index (χ4v) is 3.79. The predicted molar refractivity (Wildman–Crippen MR) is 99.4 cm³/mol. The molecule has 1 aromatic heterocycles. The maximum absolute atomic E-state index is 12.3. The topological polar surface area (TPSA) is 39.3 Å². The number of likely N-dealkylation sites (N-methyl/N-ethyl adjacent to an activating group) is 1. The molecule has 1 N–H and O–H groups in total. The molecule has 1 fully saturated rings. The summed E-state index contributed by atoms with van der Waals surface area (Å²) in [6.45, 7) is 8.85. The molecule has 0 atom stereocenters. The van der Waals surface area contributed by atoms with Gasteiger partial charge in [0.15, 0.2) is 0 Å². The molecule has 1 amide bonds. The number of fused-ring (bicyclic) bond motifs is 1. The van der Waals surface area contributed by atoms with Crippen LogP contribution >= 0.6 is 0 Å². The van der Waals surface area contributed by atoms with Crippen molar-refractivity contribution in [3.05, 3.63) is 35.5 Å². The lowest BCUT2D eigenvalue weighted by Crippen LogP contribution is -2.43. The standard InChI is InChI=1S/C20H29N3O/c1-14(2)22(4)19(24)13-23-11-9-16(10-12-23)20-15(3)21-18-8-6-5-7-17(18)20/h5-8,14,16,21H,9-13H2,1-4H3. The van der Waals surface area contributed by atoms with Gasteiger partial charge in [-0.15, -0.1) is 0 Å². The number of para-hydroxylation sites is 1. The Morgan fingerprint density at radius 1 is 1.29 bits per heavy atom. The molecule has 0 bridgehead atoms. The van der Waals surface area contributed by atoms with Gasteiger partial charge in [-0.05, 0) is 64.3 Å². The fourth-order valence-electron chi connectivity index (χ4n) is 3.79. The molecule has 3 rings (SSSR count). The second-order valence-corrected chi connectivity index (χ2v) is 7.36. The van der Waals surface area contributed by atoms with E-state index in [0.717, 1.165) is 25.9 Å². The molecule has 0 radical (unpaired) electrons. The molecule has 1 saturated heterocycles. The van der Waals surface area contributed by atoms with Crippen LogP contribution in [0.5, 0.6) is 0 Å². The Morgan fingerprint density at radius 3 is 2.62 bits per heavy atom. The molecular weight excluding hydrogens is 298 g/mol. The van der Waals surface area contributed by atoms with Gasteiger partial charge in [-0.25, -0.2) is 0 Å². The predicted octanol–water partition coefficient (Wildman–Crippen LogP) is 3.52. The number of carbonyl (C=O) groups excluding carboxylic acids is 1. The van der Waals surface area contributed by atoms with Gasteiger partial charge >= 0.3 is 0 Å². The average Bonchev–Trinajstić information content (AvgIpc) is 2.90. The molecule has 4 nitrogen and oxygen atoms in total. The highest BCUT2D eigenvalue weighted by Gasteiger charge is 2.26. The minimum Gasteiger partial charge on any atom is -0.358 e. The lowest BCUT2D eigenvalue weighted by atomic mass is 9.87. The van der Waals surface area contributed by atoms with Crippen molar-refractivity contribution in [3.63, 3.8) is 0 Å². The Hall–Kier alpha value is -1.81. The van der Waals surface area contributed by atoms with Gasteiger partial charge < -0.3 is 9.88 Å². The van der Waals surface area contributed by atoms with E-state index in [0.29, 0.717) is 12.5 Å². The van der Waals surface area contributed by atoms with Crippen LogP contribution in [0.2, 0.25) is 0 Å². The first kappa shape index (κ1) is 17.0. The van der Waals surface area contributed by atoms with E-state index >= 15 is 0 Å². The molecule has 0 aliphatic carbocycles. The molecule has 130 valence electrons. The summed E-state index contributed by atoms with van der Waals surface area (Å²) >= 11 is 0. The number of nitrogens with zero attached hydrogens (tertiary/aromatic N) is 2. The van der Waals surface area contributed by atoms with Crippen molar-refractivity contribution in [2.75, 3.05) is 26.7 Å². The highest BCUT2D eigenvalue weighted by atomic mass is 16.2. The lowest BCUT2D eigenvalue weighted by Gasteiger charge is -2.33. The third-order valence-electron chi connectivity index (χ3n) is 5.47. The van der Waals surface area contributed by atoms with Crippen molar-refractivity contribution in [2.45, 2.75) is 45.6 Å². The Bertz CT molecular complexity index is 711. The summed E-state index contributed by atoms with van der Waals surface area (Å²) < 4.78 is 0. The summed E-state index contributed by atoms with van der Waals surface area (Å²) in [6.07, 6.45) is 2.25. The van der Waals surface area contributed by atoms with Crippen LogP contribution in [0.15, 0.2) is 24.3 Å². The third kappa shape index (κ3) is 3.34. The smallest absolute Gasteiger partial charge is 0.236 e. The van der Waals surface area contributed by atoms with Crippen molar-refractivity contribution in [1.82, 2.24) is 14.8 Å². The molecule has 2 aromatic rings. The van der Waals surface area contributed by atoms with Crippen LogP contribution < -0.4 is 0 Å². The van der Waals surface area contributed by atoms with E-state index in [9.17, 15) is 4.79 Å². The molecule has 24 heavy (non-hydrogen) atoms. The van der Waals surface area contributed by atoms with Crippen molar-refractivity contribution in [1.29, 1.82) is 0 Å². The van der Waals surface area contributed by atoms with Crippen LogP contribution in [-0.4, -0.2) is 53.4 Å². The molecular formula is C20H29N3O. The SMILES string of the molecule is Cc1[nH]c2ccccc2c1C1CCN(CC(=O)N(C)C(C)C)CC1. The summed E-state index contributed by atoms with van der Waals surface area (Å²) in [5, 5.41) is 1.36. The number of piperidine rings is 1.